The van der Waals surface area contributed by atoms with Crippen LogP contribution in [0.15, 0.2) is 24.5 Å². The summed E-state index contributed by atoms with van der Waals surface area (Å²) < 4.78 is 5.42. The smallest absolute Gasteiger partial charge is 0.410 e. The number of pyridine rings is 1. The van der Waals surface area contributed by atoms with E-state index in [1.807, 2.05) is 20.8 Å². The van der Waals surface area contributed by atoms with Gasteiger partial charge in [-0.25, -0.2) is 9.78 Å². The van der Waals surface area contributed by atoms with Gasteiger partial charge in [-0.3, -0.25) is 15.1 Å². The molecule has 2 aromatic heterocycles. The Balaban J connectivity index is 1.67. The highest BCUT2D eigenvalue weighted by molar-refractivity contribution is 7.15. The van der Waals surface area contributed by atoms with Crippen molar-refractivity contribution in [2.75, 3.05) is 11.9 Å². The molecular weight excluding hydrogens is 340 g/mol. The summed E-state index contributed by atoms with van der Waals surface area (Å²) in [6.45, 7) is 6.55. The molecule has 1 aliphatic rings. The predicted molar refractivity (Wildman–Crippen MR) is 94.7 cm³/mol. The molecule has 0 saturated heterocycles. The van der Waals surface area contributed by atoms with Crippen molar-refractivity contribution in [2.24, 2.45) is 0 Å². The SMILES string of the molecule is CC(C)(C)OC(=O)N1CCc2nc(NC(=O)c3ccncc3)sc2C1. The average molecular weight is 360 g/mol. The molecule has 3 heterocycles. The molecule has 1 N–H and O–H groups in total. The summed E-state index contributed by atoms with van der Waals surface area (Å²) >= 11 is 1.39. The number of amides is 2. The summed E-state index contributed by atoms with van der Waals surface area (Å²) in [7, 11) is 0. The molecule has 0 radical (unpaired) electrons. The van der Waals surface area contributed by atoms with Crippen molar-refractivity contribution in [3.63, 3.8) is 0 Å². The Kier molecular flexibility index (Phi) is 4.71. The van der Waals surface area contributed by atoms with E-state index in [1.54, 1.807) is 29.4 Å². The molecule has 25 heavy (non-hydrogen) atoms. The Morgan fingerprint density at radius 2 is 2.00 bits per heavy atom. The van der Waals surface area contributed by atoms with Crippen LogP contribution >= 0.6 is 11.3 Å². The van der Waals surface area contributed by atoms with Crippen LogP contribution in [0, 0.1) is 0 Å². The van der Waals surface area contributed by atoms with Gasteiger partial charge < -0.3 is 9.64 Å². The third-order valence-electron chi connectivity index (χ3n) is 3.55. The monoisotopic (exact) mass is 360 g/mol. The van der Waals surface area contributed by atoms with Crippen molar-refractivity contribution in [3.8, 4) is 0 Å². The molecule has 3 rings (SSSR count). The van der Waals surface area contributed by atoms with Gasteiger partial charge in [-0.15, -0.1) is 0 Å². The number of thiazole rings is 1. The van der Waals surface area contributed by atoms with Crippen molar-refractivity contribution in [1.29, 1.82) is 0 Å². The van der Waals surface area contributed by atoms with Gasteiger partial charge in [0.25, 0.3) is 5.91 Å². The van der Waals surface area contributed by atoms with Crippen LogP contribution in [0.1, 0.15) is 41.7 Å². The van der Waals surface area contributed by atoms with Crippen molar-refractivity contribution < 1.29 is 14.3 Å². The molecule has 0 atom stereocenters. The second-order valence-electron chi connectivity index (χ2n) is 6.73. The lowest BCUT2D eigenvalue weighted by Crippen LogP contribution is -2.39. The minimum atomic E-state index is -0.519. The fourth-order valence-electron chi connectivity index (χ4n) is 2.40. The summed E-state index contributed by atoms with van der Waals surface area (Å²) in [5.41, 5.74) is 0.933. The van der Waals surface area contributed by atoms with Gasteiger partial charge >= 0.3 is 6.09 Å². The topological polar surface area (TPSA) is 84.4 Å². The van der Waals surface area contributed by atoms with Gasteiger partial charge in [-0.05, 0) is 32.9 Å². The molecule has 0 aromatic carbocycles. The molecule has 2 aromatic rings. The van der Waals surface area contributed by atoms with E-state index in [9.17, 15) is 9.59 Å². The van der Waals surface area contributed by atoms with Crippen LogP contribution < -0.4 is 5.32 Å². The van der Waals surface area contributed by atoms with Gasteiger partial charge in [0, 0.05) is 35.8 Å². The Bertz CT molecular complexity index is 783. The van der Waals surface area contributed by atoms with E-state index in [1.165, 1.54) is 11.3 Å². The third kappa shape index (κ3) is 4.33. The van der Waals surface area contributed by atoms with E-state index >= 15 is 0 Å². The van der Waals surface area contributed by atoms with Gasteiger partial charge in [-0.1, -0.05) is 11.3 Å². The Morgan fingerprint density at radius 1 is 1.28 bits per heavy atom. The molecule has 0 fully saturated rings. The Hall–Kier alpha value is -2.48. The first-order valence-corrected chi connectivity index (χ1v) is 8.81. The maximum Gasteiger partial charge on any atom is 0.410 e. The van der Waals surface area contributed by atoms with Crippen molar-refractivity contribution >= 4 is 28.5 Å². The number of hydrogen-bond donors (Lipinski definition) is 1. The molecule has 8 heteroatoms. The number of nitrogens with one attached hydrogen (secondary N) is 1. The van der Waals surface area contributed by atoms with Crippen molar-refractivity contribution in [1.82, 2.24) is 14.9 Å². The summed E-state index contributed by atoms with van der Waals surface area (Å²) in [5.74, 6) is -0.225. The largest absolute Gasteiger partial charge is 0.444 e. The van der Waals surface area contributed by atoms with Gasteiger partial charge in [0.2, 0.25) is 0 Å². The number of carbonyl (C=O) groups excluding carboxylic acids is 2. The van der Waals surface area contributed by atoms with Crippen LogP contribution in [0.5, 0.6) is 0 Å². The first-order chi connectivity index (χ1) is 11.8. The minimum Gasteiger partial charge on any atom is -0.444 e. The molecule has 0 saturated carbocycles. The Morgan fingerprint density at radius 3 is 2.68 bits per heavy atom. The van der Waals surface area contributed by atoms with E-state index in [-0.39, 0.29) is 12.0 Å². The van der Waals surface area contributed by atoms with Crippen molar-refractivity contribution in [3.05, 3.63) is 40.7 Å². The zero-order valence-corrected chi connectivity index (χ0v) is 15.2. The number of hydrogen-bond acceptors (Lipinski definition) is 6. The van der Waals surface area contributed by atoms with Crippen LogP contribution in [0.2, 0.25) is 0 Å². The lowest BCUT2D eigenvalue weighted by Gasteiger charge is -2.29. The van der Waals surface area contributed by atoms with Crippen LogP contribution in [-0.4, -0.2) is 39.0 Å². The normalized spacial score (nSPS) is 14.0. The molecule has 0 unspecified atom stereocenters. The highest BCUT2D eigenvalue weighted by Crippen LogP contribution is 2.29. The summed E-state index contributed by atoms with van der Waals surface area (Å²) in [4.78, 5) is 35.4. The first-order valence-electron chi connectivity index (χ1n) is 8.00. The highest BCUT2D eigenvalue weighted by atomic mass is 32.1. The maximum atomic E-state index is 12.2. The molecule has 0 spiro atoms. The van der Waals surface area contributed by atoms with Gasteiger partial charge in [0.1, 0.15) is 5.60 Å². The zero-order chi connectivity index (χ0) is 18.0. The molecule has 0 bridgehead atoms. The Labute approximate surface area is 150 Å². The number of aromatic nitrogens is 2. The maximum absolute atomic E-state index is 12.2. The summed E-state index contributed by atoms with van der Waals surface area (Å²) in [5, 5.41) is 3.34. The number of anilines is 1. The fourth-order valence-corrected chi connectivity index (χ4v) is 3.42. The van der Waals surface area contributed by atoms with Crippen LogP contribution in [0.4, 0.5) is 9.93 Å². The van der Waals surface area contributed by atoms with E-state index < -0.39 is 5.60 Å². The molecule has 7 nitrogen and oxygen atoms in total. The second-order valence-corrected chi connectivity index (χ2v) is 7.81. The highest BCUT2D eigenvalue weighted by Gasteiger charge is 2.28. The van der Waals surface area contributed by atoms with E-state index in [4.69, 9.17) is 4.74 Å². The molecule has 2 amide bonds. The van der Waals surface area contributed by atoms with Gasteiger partial charge in [-0.2, -0.15) is 0 Å². The van der Waals surface area contributed by atoms with Crippen LogP contribution in [0.25, 0.3) is 0 Å². The van der Waals surface area contributed by atoms with E-state index in [2.05, 4.69) is 15.3 Å². The van der Waals surface area contributed by atoms with Gasteiger partial charge in [0.05, 0.1) is 12.2 Å². The quantitative estimate of drug-likeness (QED) is 0.890. The standard InChI is InChI=1S/C17H20N4O3S/c1-17(2,3)24-16(23)21-9-6-12-13(10-21)25-15(19-12)20-14(22)11-4-7-18-8-5-11/h4-5,7-8H,6,9-10H2,1-3H3,(H,19,20,22). The average Bonchev–Trinajstić information content (AvgIpc) is 2.95. The number of ether oxygens (including phenoxy) is 1. The fraction of sp³-hybridized carbons (Fsp3) is 0.412. The molecule has 1 aliphatic heterocycles. The van der Waals surface area contributed by atoms with E-state index in [0.29, 0.717) is 30.2 Å². The van der Waals surface area contributed by atoms with E-state index in [0.717, 1.165) is 10.6 Å². The lowest BCUT2D eigenvalue weighted by atomic mass is 10.2. The number of fused-ring (bicyclic) bond motifs is 1. The molecule has 132 valence electrons. The third-order valence-corrected chi connectivity index (χ3v) is 4.54. The van der Waals surface area contributed by atoms with Crippen molar-refractivity contribution in [2.45, 2.75) is 39.3 Å². The summed E-state index contributed by atoms with van der Waals surface area (Å²) in [6.07, 6.45) is 3.46. The first kappa shape index (κ1) is 17.3. The number of carbonyl (C=O) groups is 2. The number of rotatable bonds is 2. The number of nitrogens with zero attached hydrogens (tertiary/aromatic N) is 3. The zero-order valence-electron chi connectivity index (χ0n) is 14.4. The van der Waals surface area contributed by atoms with Gasteiger partial charge in [0.15, 0.2) is 5.13 Å². The lowest BCUT2D eigenvalue weighted by molar-refractivity contribution is 0.0225. The molecule has 0 aliphatic carbocycles. The second kappa shape index (κ2) is 6.79. The van der Waals surface area contributed by atoms with Crippen LogP contribution in [-0.2, 0) is 17.7 Å². The molecular formula is C17H20N4O3S. The predicted octanol–water partition coefficient (Wildman–Crippen LogP) is 3.08. The minimum absolute atomic E-state index is 0.225. The summed E-state index contributed by atoms with van der Waals surface area (Å²) in [6, 6.07) is 3.29. The van der Waals surface area contributed by atoms with Crippen LogP contribution in [0.3, 0.4) is 0 Å².